The van der Waals surface area contributed by atoms with E-state index in [-0.39, 0.29) is 23.0 Å². The highest BCUT2D eigenvalue weighted by molar-refractivity contribution is 6.29. The van der Waals surface area contributed by atoms with E-state index in [1.54, 1.807) is 0 Å². The van der Waals surface area contributed by atoms with Gasteiger partial charge in [0.2, 0.25) is 0 Å². The molecule has 3 nitrogen and oxygen atoms in total. The number of carbonyl (C=O) groups excluding carboxylic acids is 2. The van der Waals surface area contributed by atoms with E-state index in [1.165, 1.54) is 11.1 Å². The van der Waals surface area contributed by atoms with Gasteiger partial charge in [-0.05, 0) is 78.9 Å². The lowest BCUT2D eigenvalue weighted by atomic mass is 9.55. The number of hydrogen-bond acceptors (Lipinski definition) is 3. The molecule has 3 aliphatic carbocycles. The standard InChI is InChI=1S/C27H32B2O3/c1-27-14-13-20-19-10-8-18(15-17(19)7-9-21(20)22(27)11-12-23(27)30)32-26(31)25(29)24(28)16-5-3-2-4-6-16/h2-6,8,10,15,20-22,24-25H,7,9,11-14,28-29H2,1H3/t20-,21-,22+,24?,25?,27+/m1/s1. The van der Waals surface area contributed by atoms with Crippen molar-refractivity contribution in [1.82, 2.24) is 0 Å². The van der Waals surface area contributed by atoms with Crippen LogP contribution in [0.1, 0.15) is 67.5 Å². The van der Waals surface area contributed by atoms with Crippen LogP contribution in [0.25, 0.3) is 0 Å². The van der Waals surface area contributed by atoms with Crippen molar-refractivity contribution in [2.45, 2.75) is 63.0 Å². The van der Waals surface area contributed by atoms with E-state index >= 15 is 0 Å². The lowest BCUT2D eigenvalue weighted by molar-refractivity contribution is -0.134. The minimum atomic E-state index is -0.214. The van der Waals surface area contributed by atoms with E-state index in [2.05, 4.69) is 39.0 Å². The quantitative estimate of drug-likeness (QED) is 0.425. The molecule has 0 saturated heterocycles. The molecule has 0 bridgehead atoms. The number of benzene rings is 2. The third-order valence-corrected chi connectivity index (χ3v) is 9.07. The number of Topliss-reactive ketones (excluding diaryl/α,β-unsaturated/α-hetero) is 1. The maximum Gasteiger partial charge on any atom is 0.306 e. The summed E-state index contributed by atoms with van der Waals surface area (Å²) in [5.74, 6) is 2.58. The van der Waals surface area contributed by atoms with Gasteiger partial charge in [-0.25, -0.2) is 0 Å². The summed E-state index contributed by atoms with van der Waals surface area (Å²) in [5, 5.41) is 0. The van der Waals surface area contributed by atoms with Crippen LogP contribution in [0.15, 0.2) is 48.5 Å². The average Bonchev–Trinajstić information content (AvgIpc) is 3.12. The Hall–Kier alpha value is -2.29. The fourth-order valence-electron chi connectivity index (χ4n) is 6.85. The van der Waals surface area contributed by atoms with Crippen molar-refractivity contribution < 1.29 is 14.3 Å². The van der Waals surface area contributed by atoms with Crippen LogP contribution < -0.4 is 4.74 Å². The molecule has 0 aromatic heterocycles. The van der Waals surface area contributed by atoms with Crippen molar-refractivity contribution in [3.63, 3.8) is 0 Å². The predicted molar refractivity (Wildman–Crippen MR) is 132 cm³/mol. The summed E-state index contributed by atoms with van der Waals surface area (Å²) in [6.45, 7) is 2.22. The van der Waals surface area contributed by atoms with Gasteiger partial charge < -0.3 is 4.74 Å². The molecule has 2 fully saturated rings. The molecule has 0 aliphatic heterocycles. The minimum absolute atomic E-state index is 0.0836. The van der Waals surface area contributed by atoms with Gasteiger partial charge in [0.05, 0.1) is 0 Å². The first-order valence-electron chi connectivity index (χ1n) is 12.3. The second kappa shape index (κ2) is 8.24. The van der Waals surface area contributed by atoms with E-state index in [9.17, 15) is 9.59 Å². The molecule has 5 rings (SSSR count). The third-order valence-electron chi connectivity index (χ3n) is 9.07. The van der Waals surface area contributed by atoms with E-state index in [0.717, 1.165) is 44.1 Å². The second-order valence-electron chi connectivity index (χ2n) is 10.6. The molecule has 32 heavy (non-hydrogen) atoms. The Morgan fingerprint density at radius 2 is 1.84 bits per heavy atom. The summed E-state index contributed by atoms with van der Waals surface area (Å²) in [4.78, 5) is 25.4. The number of fused-ring (bicyclic) bond motifs is 5. The first-order chi connectivity index (χ1) is 15.4. The van der Waals surface area contributed by atoms with Crippen LogP contribution in [0, 0.1) is 17.3 Å². The van der Waals surface area contributed by atoms with Gasteiger partial charge in [0.25, 0.3) is 0 Å². The van der Waals surface area contributed by atoms with Crippen LogP contribution in [0.3, 0.4) is 0 Å². The zero-order valence-electron chi connectivity index (χ0n) is 19.5. The number of ketones is 1. The summed E-state index contributed by atoms with van der Waals surface area (Å²) in [7, 11) is 4.03. The van der Waals surface area contributed by atoms with Crippen LogP contribution in [-0.4, -0.2) is 27.4 Å². The molecule has 2 aromatic carbocycles. The molecule has 2 saturated carbocycles. The van der Waals surface area contributed by atoms with Gasteiger partial charge in [-0.15, -0.1) is 0 Å². The van der Waals surface area contributed by atoms with E-state index < -0.39 is 0 Å². The molecule has 2 unspecified atom stereocenters. The van der Waals surface area contributed by atoms with Crippen molar-refractivity contribution in [3.05, 3.63) is 65.2 Å². The summed E-state index contributed by atoms with van der Waals surface area (Å²) < 4.78 is 5.84. The topological polar surface area (TPSA) is 43.4 Å². The Kier molecular flexibility index (Phi) is 5.55. The maximum absolute atomic E-state index is 12.9. The normalized spacial score (nSPS) is 30.5. The molecule has 6 atom stereocenters. The monoisotopic (exact) mass is 426 g/mol. The first-order valence-corrected chi connectivity index (χ1v) is 12.3. The van der Waals surface area contributed by atoms with Crippen LogP contribution in [-0.2, 0) is 16.0 Å². The van der Waals surface area contributed by atoms with Crippen molar-refractivity contribution in [2.75, 3.05) is 0 Å². The number of ether oxygens (including phenoxy) is 1. The van der Waals surface area contributed by atoms with Gasteiger partial charge in [0, 0.05) is 17.7 Å². The van der Waals surface area contributed by atoms with E-state index in [1.807, 2.05) is 32.1 Å². The molecule has 0 N–H and O–H groups in total. The number of hydrogen-bond donors (Lipinski definition) is 0. The van der Waals surface area contributed by atoms with E-state index in [0.29, 0.717) is 29.3 Å². The Bertz CT molecular complexity index is 1040. The fourth-order valence-corrected chi connectivity index (χ4v) is 6.85. The van der Waals surface area contributed by atoms with Gasteiger partial charge in [-0.3, -0.25) is 9.59 Å². The average molecular weight is 426 g/mol. The lowest BCUT2D eigenvalue weighted by Gasteiger charge is -2.48. The Morgan fingerprint density at radius 1 is 1.06 bits per heavy atom. The maximum atomic E-state index is 12.9. The zero-order valence-corrected chi connectivity index (χ0v) is 19.5. The van der Waals surface area contributed by atoms with Gasteiger partial charge in [-0.2, -0.15) is 0 Å². The number of carbonyl (C=O) groups is 2. The smallest absolute Gasteiger partial charge is 0.306 e. The van der Waals surface area contributed by atoms with Gasteiger partial charge in [-0.1, -0.05) is 48.9 Å². The Labute approximate surface area is 193 Å². The molecule has 164 valence electrons. The zero-order chi connectivity index (χ0) is 22.5. The number of aryl methyl sites for hydroxylation is 1. The summed E-state index contributed by atoms with van der Waals surface area (Å²) >= 11 is 0. The minimum Gasteiger partial charge on any atom is -0.427 e. The van der Waals surface area contributed by atoms with Crippen LogP contribution in [0.4, 0.5) is 0 Å². The summed E-state index contributed by atoms with van der Waals surface area (Å²) in [6, 6.07) is 16.4. The number of rotatable bonds is 4. The Balaban J connectivity index is 1.30. The largest absolute Gasteiger partial charge is 0.427 e. The fraction of sp³-hybridized carbons (Fsp3) is 0.481. The molecule has 5 heteroatoms. The van der Waals surface area contributed by atoms with Crippen molar-refractivity contribution in [3.8, 4) is 5.75 Å². The van der Waals surface area contributed by atoms with Crippen molar-refractivity contribution >= 4 is 27.4 Å². The molecule has 3 aliphatic rings. The molecular formula is C27H32B2O3. The molecule has 0 heterocycles. The highest BCUT2D eigenvalue weighted by Crippen LogP contribution is 2.59. The number of esters is 1. The van der Waals surface area contributed by atoms with E-state index in [4.69, 9.17) is 4.74 Å². The first kappa shape index (κ1) is 21.6. The lowest BCUT2D eigenvalue weighted by Crippen LogP contribution is -2.42. The van der Waals surface area contributed by atoms with Crippen molar-refractivity contribution in [2.24, 2.45) is 17.3 Å². The van der Waals surface area contributed by atoms with Gasteiger partial charge in [0.15, 0.2) is 0 Å². The molecular weight excluding hydrogens is 394 g/mol. The predicted octanol–water partition coefficient (Wildman–Crippen LogP) is 3.81. The van der Waals surface area contributed by atoms with Gasteiger partial charge in [0.1, 0.15) is 27.2 Å². The molecule has 0 radical (unpaired) electrons. The van der Waals surface area contributed by atoms with Crippen molar-refractivity contribution in [1.29, 1.82) is 0 Å². The molecule has 0 amide bonds. The summed E-state index contributed by atoms with van der Waals surface area (Å²) in [5.41, 5.74) is 3.82. The second-order valence-corrected chi connectivity index (χ2v) is 10.6. The Morgan fingerprint density at radius 3 is 2.62 bits per heavy atom. The van der Waals surface area contributed by atoms with Crippen LogP contribution in [0.2, 0.25) is 5.82 Å². The van der Waals surface area contributed by atoms with Gasteiger partial charge >= 0.3 is 5.97 Å². The highest BCUT2D eigenvalue weighted by atomic mass is 16.5. The van der Waals surface area contributed by atoms with Crippen LogP contribution >= 0.6 is 0 Å². The third kappa shape index (κ3) is 3.54. The molecule has 2 aromatic rings. The molecule has 0 spiro atoms. The highest BCUT2D eigenvalue weighted by Gasteiger charge is 2.54. The van der Waals surface area contributed by atoms with Crippen LogP contribution in [0.5, 0.6) is 5.75 Å². The summed E-state index contributed by atoms with van der Waals surface area (Å²) in [6.07, 6.45) is 6.11. The SMILES string of the molecule is BC(C(=O)Oc1ccc2c(c1)CC[C@@H]1[C@@H]2CC[C@]2(C)C(=O)CC[C@@H]12)C(B)c1ccccc1.